The first-order valence-corrected chi connectivity index (χ1v) is 3.99. The predicted molar refractivity (Wildman–Crippen MR) is 44.0 cm³/mol. The minimum absolute atomic E-state index is 0.934. The van der Waals surface area contributed by atoms with Crippen molar-refractivity contribution in [2.24, 2.45) is 0 Å². The zero-order valence-electron chi connectivity index (χ0n) is 6.89. The van der Waals surface area contributed by atoms with Crippen LogP contribution in [0.15, 0.2) is 11.6 Å². The summed E-state index contributed by atoms with van der Waals surface area (Å²) >= 11 is 0. The summed E-state index contributed by atoms with van der Waals surface area (Å²) in [6.45, 7) is 4.20. The average Bonchev–Trinajstić information content (AvgIpc) is 1.98. The third-order valence-electron chi connectivity index (χ3n) is 1.39. The molecule has 0 heterocycles. The van der Waals surface area contributed by atoms with Crippen LogP contribution in [-0.4, -0.2) is 6.29 Å². The van der Waals surface area contributed by atoms with E-state index in [1.807, 2.05) is 6.08 Å². The maximum absolute atomic E-state index is 10.3. The fourth-order valence-corrected chi connectivity index (χ4v) is 0.828. The van der Waals surface area contributed by atoms with Gasteiger partial charge in [-0.15, -0.1) is 0 Å². The molecule has 0 saturated carbocycles. The molecule has 0 N–H and O–H groups in total. The summed E-state index contributed by atoms with van der Waals surface area (Å²) in [6.07, 6.45) is 7.17. The molecule has 0 atom stereocenters. The lowest BCUT2D eigenvalue weighted by atomic mass is 10.1. The van der Waals surface area contributed by atoms with Crippen LogP contribution in [0.3, 0.4) is 0 Å². The molecular formula is C9H16O. The Balaban J connectivity index is 3.66. The van der Waals surface area contributed by atoms with Crippen molar-refractivity contribution in [2.75, 3.05) is 0 Å². The Bertz CT molecular complexity index is 114. The molecule has 0 bridgehead atoms. The second-order valence-electron chi connectivity index (χ2n) is 2.44. The highest BCUT2D eigenvalue weighted by Gasteiger charge is 1.90. The summed E-state index contributed by atoms with van der Waals surface area (Å²) in [7, 11) is 0. The largest absolute Gasteiger partial charge is 0.298 e. The average molecular weight is 140 g/mol. The molecule has 10 heavy (non-hydrogen) atoms. The number of aldehydes is 1. The number of allylic oxidation sites excluding steroid dienone is 2. The van der Waals surface area contributed by atoms with Crippen molar-refractivity contribution in [3.8, 4) is 0 Å². The van der Waals surface area contributed by atoms with Crippen LogP contribution >= 0.6 is 0 Å². The van der Waals surface area contributed by atoms with E-state index >= 15 is 0 Å². The van der Waals surface area contributed by atoms with Crippen molar-refractivity contribution in [1.29, 1.82) is 0 Å². The summed E-state index contributed by atoms with van der Waals surface area (Å²) in [6, 6.07) is 0. The van der Waals surface area contributed by atoms with E-state index in [1.165, 1.54) is 0 Å². The van der Waals surface area contributed by atoms with Crippen LogP contribution in [0, 0.1) is 0 Å². The van der Waals surface area contributed by atoms with Crippen molar-refractivity contribution in [3.05, 3.63) is 11.6 Å². The van der Waals surface area contributed by atoms with Crippen LogP contribution < -0.4 is 0 Å². The van der Waals surface area contributed by atoms with E-state index in [-0.39, 0.29) is 0 Å². The van der Waals surface area contributed by atoms with Gasteiger partial charge in [0.1, 0.15) is 6.29 Å². The highest BCUT2D eigenvalue weighted by Crippen LogP contribution is 2.03. The highest BCUT2D eigenvalue weighted by molar-refractivity contribution is 5.72. The molecule has 0 aliphatic carbocycles. The van der Waals surface area contributed by atoms with Crippen molar-refractivity contribution in [1.82, 2.24) is 0 Å². The molecule has 0 unspecified atom stereocenters. The number of hydrogen-bond acceptors (Lipinski definition) is 1. The van der Waals surface area contributed by atoms with E-state index in [9.17, 15) is 4.79 Å². The Morgan fingerprint density at radius 3 is 2.40 bits per heavy atom. The summed E-state index contributed by atoms with van der Waals surface area (Å²) < 4.78 is 0. The smallest absolute Gasteiger partial charge is 0.145 e. The first-order chi connectivity index (χ1) is 4.85. The molecule has 0 fully saturated rings. The lowest BCUT2D eigenvalue weighted by molar-refractivity contribution is -0.105. The predicted octanol–water partition coefficient (Wildman–Crippen LogP) is 2.71. The monoisotopic (exact) mass is 140 g/mol. The van der Waals surface area contributed by atoms with E-state index < -0.39 is 0 Å². The molecule has 0 aromatic carbocycles. The normalized spacial score (nSPS) is 11.6. The van der Waals surface area contributed by atoms with Crippen LogP contribution in [0.2, 0.25) is 0 Å². The topological polar surface area (TPSA) is 17.1 Å². The Morgan fingerprint density at radius 2 is 2.00 bits per heavy atom. The van der Waals surface area contributed by atoms with Gasteiger partial charge in [0, 0.05) is 0 Å². The van der Waals surface area contributed by atoms with Crippen LogP contribution in [0.25, 0.3) is 0 Å². The third kappa shape index (κ3) is 4.30. The van der Waals surface area contributed by atoms with Gasteiger partial charge in [-0.05, 0) is 18.4 Å². The summed E-state index contributed by atoms with van der Waals surface area (Å²) in [4.78, 5) is 10.3. The van der Waals surface area contributed by atoms with Crippen molar-refractivity contribution < 1.29 is 4.79 Å². The van der Waals surface area contributed by atoms with Gasteiger partial charge in [0.15, 0.2) is 0 Å². The first-order valence-electron chi connectivity index (χ1n) is 3.99. The Kier molecular flexibility index (Phi) is 6.14. The van der Waals surface area contributed by atoms with Crippen LogP contribution in [-0.2, 0) is 4.79 Å². The molecule has 0 radical (unpaired) electrons. The fourth-order valence-electron chi connectivity index (χ4n) is 0.828. The Labute approximate surface area is 63.1 Å². The highest BCUT2D eigenvalue weighted by atomic mass is 16.1. The minimum Gasteiger partial charge on any atom is -0.298 e. The quantitative estimate of drug-likeness (QED) is 0.424. The van der Waals surface area contributed by atoms with E-state index in [0.29, 0.717) is 0 Å². The zero-order valence-corrected chi connectivity index (χ0v) is 6.89. The molecule has 0 amide bonds. The summed E-state index contributed by atoms with van der Waals surface area (Å²) in [5.74, 6) is 0. The molecule has 0 rings (SSSR count). The maximum Gasteiger partial charge on any atom is 0.145 e. The molecule has 1 heteroatoms. The van der Waals surface area contributed by atoms with Gasteiger partial charge < -0.3 is 0 Å². The van der Waals surface area contributed by atoms with Crippen LogP contribution in [0.5, 0.6) is 0 Å². The van der Waals surface area contributed by atoms with E-state index in [2.05, 4.69) is 13.8 Å². The Hall–Kier alpha value is -0.590. The van der Waals surface area contributed by atoms with E-state index in [4.69, 9.17) is 0 Å². The van der Waals surface area contributed by atoms with Gasteiger partial charge in [0.25, 0.3) is 0 Å². The number of hydrogen-bond donors (Lipinski definition) is 0. The number of carbonyl (C=O) groups excluding carboxylic acids is 1. The third-order valence-corrected chi connectivity index (χ3v) is 1.39. The maximum atomic E-state index is 10.3. The van der Waals surface area contributed by atoms with E-state index in [0.717, 1.165) is 37.5 Å². The second-order valence-corrected chi connectivity index (χ2v) is 2.44. The molecule has 0 aliphatic heterocycles. The lowest BCUT2D eigenvalue weighted by Gasteiger charge is -1.93. The van der Waals surface area contributed by atoms with Gasteiger partial charge in [-0.1, -0.05) is 32.8 Å². The molecule has 0 aromatic rings. The van der Waals surface area contributed by atoms with Crippen molar-refractivity contribution >= 4 is 6.29 Å². The van der Waals surface area contributed by atoms with Gasteiger partial charge in [-0.3, -0.25) is 4.79 Å². The van der Waals surface area contributed by atoms with Gasteiger partial charge in [0.2, 0.25) is 0 Å². The molecular weight excluding hydrogens is 124 g/mol. The summed E-state index contributed by atoms with van der Waals surface area (Å²) in [5, 5.41) is 0. The number of unbranched alkanes of at least 4 members (excludes halogenated alkanes) is 1. The number of rotatable bonds is 5. The van der Waals surface area contributed by atoms with Gasteiger partial charge >= 0.3 is 0 Å². The molecule has 0 saturated heterocycles. The summed E-state index contributed by atoms with van der Waals surface area (Å²) in [5.41, 5.74) is 0.962. The SMILES string of the molecule is CCCC=C(C=O)CCC. The van der Waals surface area contributed by atoms with Crippen LogP contribution in [0.4, 0.5) is 0 Å². The molecule has 0 spiro atoms. The van der Waals surface area contributed by atoms with Crippen LogP contribution in [0.1, 0.15) is 39.5 Å². The molecule has 0 aromatic heterocycles. The first kappa shape index (κ1) is 9.41. The standard InChI is InChI=1S/C9H16O/c1-3-5-7-9(8-10)6-4-2/h7-8H,3-6H2,1-2H3. The van der Waals surface area contributed by atoms with E-state index in [1.54, 1.807) is 0 Å². The van der Waals surface area contributed by atoms with Gasteiger partial charge in [-0.25, -0.2) is 0 Å². The minimum atomic E-state index is 0.934. The molecule has 58 valence electrons. The number of carbonyl (C=O) groups is 1. The van der Waals surface area contributed by atoms with Crippen molar-refractivity contribution in [3.63, 3.8) is 0 Å². The molecule has 1 nitrogen and oxygen atoms in total. The van der Waals surface area contributed by atoms with Crippen molar-refractivity contribution in [2.45, 2.75) is 39.5 Å². The molecule has 0 aliphatic rings. The van der Waals surface area contributed by atoms with Gasteiger partial charge in [0.05, 0.1) is 0 Å². The zero-order chi connectivity index (χ0) is 7.82. The lowest BCUT2D eigenvalue weighted by Crippen LogP contribution is -1.83. The van der Waals surface area contributed by atoms with Gasteiger partial charge in [-0.2, -0.15) is 0 Å². The Morgan fingerprint density at radius 1 is 1.30 bits per heavy atom. The second kappa shape index (κ2) is 6.53. The fraction of sp³-hybridized carbons (Fsp3) is 0.667.